The summed E-state index contributed by atoms with van der Waals surface area (Å²) >= 11 is 8.11. The second kappa shape index (κ2) is 11.4. The number of ether oxygens (including phenoxy) is 1. The fourth-order valence-corrected chi connectivity index (χ4v) is 6.12. The Labute approximate surface area is 231 Å². The lowest BCUT2D eigenvalue weighted by Crippen LogP contribution is -2.49. The number of carbonyl (C=O) groups excluding carboxylic acids is 1. The topological polar surface area (TPSA) is 110 Å². The predicted molar refractivity (Wildman–Crippen MR) is 150 cm³/mol. The van der Waals surface area contributed by atoms with Crippen LogP contribution in [0, 0.1) is 5.41 Å². The van der Waals surface area contributed by atoms with E-state index in [1.165, 1.54) is 11.8 Å². The van der Waals surface area contributed by atoms with Crippen LogP contribution in [0.4, 0.5) is 11.5 Å². The van der Waals surface area contributed by atoms with Crippen LogP contribution in [0.3, 0.4) is 0 Å². The molecule has 3 aromatic rings. The largest absolute Gasteiger partial charge is 0.379 e. The van der Waals surface area contributed by atoms with E-state index in [4.69, 9.17) is 22.1 Å². The predicted octanol–water partition coefficient (Wildman–Crippen LogP) is 4.22. The minimum Gasteiger partial charge on any atom is -0.379 e. The van der Waals surface area contributed by atoms with Crippen molar-refractivity contribution in [2.24, 2.45) is 16.1 Å². The van der Waals surface area contributed by atoms with Crippen LogP contribution in [0.15, 0.2) is 64.0 Å². The van der Waals surface area contributed by atoms with Crippen LogP contribution in [-0.2, 0) is 11.3 Å². The van der Waals surface area contributed by atoms with Gasteiger partial charge in [0.2, 0.25) is 0 Å². The van der Waals surface area contributed by atoms with E-state index in [-0.39, 0.29) is 17.4 Å². The van der Waals surface area contributed by atoms with E-state index >= 15 is 0 Å². The molecule has 2 aliphatic heterocycles. The fourth-order valence-electron chi connectivity index (χ4n) is 5.00. The first kappa shape index (κ1) is 26.6. The van der Waals surface area contributed by atoms with Gasteiger partial charge in [-0.15, -0.1) is 0 Å². The number of nitrogens with zero attached hydrogens (tertiary/aromatic N) is 6. The van der Waals surface area contributed by atoms with E-state index in [2.05, 4.69) is 31.6 Å². The Morgan fingerprint density at radius 1 is 1.29 bits per heavy atom. The molecule has 0 radical (unpaired) electrons. The zero-order valence-corrected chi connectivity index (χ0v) is 22.8. The van der Waals surface area contributed by atoms with Gasteiger partial charge >= 0.3 is 0 Å². The van der Waals surface area contributed by atoms with Crippen LogP contribution in [0.1, 0.15) is 28.8 Å². The van der Waals surface area contributed by atoms with Crippen molar-refractivity contribution < 1.29 is 9.53 Å². The number of pyridine rings is 1. The summed E-state index contributed by atoms with van der Waals surface area (Å²) in [6.07, 6.45) is 8.91. The molecule has 1 spiro atoms. The zero-order valence-electron chi connectivity index (χ0n) is 21.2. The number of aliphatic imine (C=N–C) groups is 1. The highest BCUT2D eigenvalue weighted by atomic mass is 35.5. The first-order valence-corrected chi connectivity index (χ1v) is 13.6. The van der Waals surface area contributed by atoms with E-state index in [1.54, 1.807) is 42.8 Å². The number of carbonyl (C=O) groups is 1. The Hall–Kier alpha value is -3.05. The molecular weight excluding hydrogens is 522 g/mol. The monoisotopic (exact) mass is 551 g/mol. The Kier molecular flexibility index (Phi) is 7.94. The van der Waals surface area contributed by atoms with Crippen LogP contribution in [0.5, 0.6) is 0 Å². The minimum atomic E-state index is -0.250. The highest BCUT2D eigenvalue weighted by Gasteiger charge is 2.44. The van der Waals surface area contributed by atoms with Crippen molar-refractivity contribution in [3.63, 3.8) is 0 Å². The summed E-state index contributed by atoms with van der Waals surface area (Å²) in [5, 5.41) is 0.988. The van der Waals surface area contributed by atoms with Crippen molar-refractivity contribution in [3.05, 3.63) is 65.2 Å². The van der Waals surface area contributed by atoms with E-state index < -0.39 is 0 Å². The fraction of sp³-hybridized carbons (Fsp3) is 0.370. The van der Waals surface area contributed by atoms with Gasteiger partial charge in [-0.1, -0.05) is 29.4 Å². The summed E-state index contributed by atoms with van der Waals surface area (Å²) in [6, 6.07) is 7.42. The van der Waals surface area contributed by atoms with Crippen LogP contribution < -0.4 is 10.6 Å². The highest BCUT2D eigenvalue weighted by Crippen LogP contribution is 2.41. The highest BCUT2D eigenvalue weighted by molar-refractivity contribution is 7.99. The standard InChI is InChI=1S/C27H30ClN7O2S/c1-30-19-5-6-20(25(28)24(19)26(36)34(2)15-18-4-3-9-31-12-18)38-23-14-32-22(13-33-23)35-10-7-27(8-11-35)17-37-16-21(27)29/h3-6,9,12-14,21H,1,7-8,10-11,15-17,29H2,2H3/t21-/m1/s1. The Balaban J connectivity index is 1.28. The Morgan fingerprint density at radius 2 is 2.11 bits per heavy atom. The number of halogens is 1. The molecule has 2 saturated heterocycles. The maximum atomic E-state index is 13.4. The molecule has 1 atom stereocenters. The van der Waals surface area contributed by atoms with Crippen molar-refractivity contribution in [1.29, 1.82) is 0 Å². The van der Waals surface area contributed by atoms with Gasteiger partial charge in [-0.05, 0) is 43.3 Å². The number of hydrogen-bond donors (Lipinski definition) is 1. The summed E-state index contributed by atoms with van der Waals surface area (Å²) in [7, 11) is 1.72. The van der Waals surface area contributed by atoms with E-state index in [0.717, 1.165) is 43.9 Å². The van der Waals surface area contributed by atoms with Crippen molar-refractivity contribution >= 4 is 47.5 Å². The van der Waals surface area contributed by atoms with E-state index in [0.29, 0.717) is 39.3 Å². The van der Waals surface area contributed by atoms with Crippen molar-refractivity contribution in [1.82, 2.24) is 19.9 Å². The second-order valence-electron chi connectivity index (χ2n) is 9.74. The second-order valence-corrected chi connectivity index (χ2v) is 11.2. The first-order valence-electron chi connectivity index (χ1n) is 12.4. The van der Waals surface area contributed by atoms with Gasteiger partial charge in [0.25, 0.3) is 5.91 Å². The molecule has 0 saturated carbocycles. The average molecular weight is 552 g/mol. The SMILES string of the molecule is C=Nc1ccc(Sc2cnc(N3CCC4(CC3)COC[C@H]4N)cn2)c(Cl)c1C(=O)N(C)Cc1cccnc1. The molecule has 2 aromatic heterocycles. The number of benzene rings is 1. The molecule has 4 heterocycles. The van der Waals surface area contributed by atoms with Crippen LogP contribution >= 0.6 is 23.4 Å². The third kappa shape index (κ3) is 5.40. The third-order valence-corrected chi connectivity index (χ3v) is 8.83. The molecule has 1 aromatic carbocycles. The molecular formula is C27H30ClN7O2S. The molecule has 0 aliphatic carbocycles. The van der Waals surface area contributed by atoms with Crippen molar-refractivity contribution in [3.8, 4) is 0 Å². The van der Waals surface area contributed by atoms with Crippen molar-refractivity contribution in [2.75, 3.05) is 38.3 Å². The molecule has 1 amide bonds. The number of hydrogen-bond acceptors (Lipinski definition) is 9. The average Bonchev–Trinajstić information content (AvgIpc) is 3.29. The number of amides is 1. The molecule has 11 heteroatoms. The molecule has 2 aliphatic rings. The number of rotatable bonds is 7. The molecule has 2 N–H and O–H groups in total. The Morgan fingerprint density at radius 3 is 2.74 bits per heavy atom. The molecule has 198 valence electrons. The molecule has 9 nitrogen and oxygen atoms in total. The third-order valence-electron chi connectivity index (χ3n) is 7.34. The lowest BCUT2D eigenvalue weighted by Gasteiger charge is -2.41. The normalized spacial score (nSPS) is 18.5. The van der Waals surface area contributed by atoms with E-state index in [9.17, 15) is 4.79 Å². The Bertz CT molecular complexity index is 1300. The maximum absolute atomic E-state index is 13.4. The summed E-state index contributed by atoms with van der Waals surface area (Å²) in [6.45, 7) is 7.14. The smallest absolute Gasteiger partial charge is 0.257 e. The molecule has 38 heavy (non-hydrogen) atoms. The minimum absolute atomic E-state index is 0.0874. The quantitative estimate of drug-likeness (QED) is 0.434. The van der Waals surface area contributed by atoms with Crippen LogP contribution in [-0.4, -0.2) is 71.9 Å². The molecule has 0 bridgehead atoms. The van der Waals surface area contributed by atoms with Gasteiger partial charge in [-0.2, -0.15) is 0 Å². The lowest BCUT2D eigenvalue weighted by atomic mass is 9.75. The zero-order chi connectivity index (χ0) is 26.7. The number of piperidine rings is 1. The number of aromatic nitrogens is 3. The first-order chi connectivity index (χ1) is 18.4. The van der Waals surface area contributed by atoms with Gasteiger partial charge in [0, 0.05) is 55.4 Å². The van der Waals surface area contributed by atoms with Gasteiger partial charge in [-0.25, -0.2) is 9.97 Å². The van der Waals surface area contributed by atoms with Gasteiger partial charge in [0.1, 0.15) is 10.8 Å². The number of anilines is 1. The molecule has 5 rings (SSSR count). The molecule has 2 fully saturated rings. The maximum Gasteiger partial charge on any atom is 0.257 e. The van der Waals surface area contributed by atoms with Gasteiger partial charge in [0.05, 0.1) is 41.9 Å². The summed E-state index contributed by atoms with van der Waals surface area (Å²) in [5.41, 5.74) is 8.05. The summed E-state index contributed by atoms with van der Waals surface area (Å²) < 4.78 is 5.63. The van der Waals surface area contributed by atoms with E-state index in [1.807, 2.05) is 18.2 Å². The summed E-state index contributed by atoms with van der Waals surface area (Å²) in [5.74, 6) is 0.585. The van der Waals surface area contributed by atoms with Gasteiger partial charge < -0.3 is 20.3 Å². The number of nitrogens with two attached hydrogens (primary N) is 1. The van der Waals surface area contributed by atoms with Crippen LogP contribution in [0.25, 0.3) is 0 Å². The summed E-state index contributed by atoms with van der Waals surface area (Å²) in [4.78, 5) is 35.3. The molecule has 0 unspecified atom stereocenters. The van der Waals surface area contributed by atoms with Crippen LogP contribution in [0.2, 0.25) is 5.02 Å². The van der Waals surface area contributed by atoms with Gasteiger partial charge in [-0.3, -0.25) is 14.8 Å². The lowest BCUT2D eigenvalue weighted by molar-refractivity contribution is 0.0785. The van der Waals surface area contributed by atoms with Gasteiger partial charge in [0.15, 0.2) is 0 Å². The van der Waals surface area contributed by atoms with Crippen molar-refractivity contribution in [2.45, 2.75) is 35.3 Å².